The first-order chi connectivity index (χ1) is 12.3. The zero-order valence-corrected chi connectivity index (χ0v) is 14.4. The lowest BCUT2D eigenvalue weighted by atomic mass is 10.0. The van der Waals surface area contributed by atoms with Gasteiger partial charge in [-0.25, -0.2) is 0 Å². The van der Waals surface area contributed by atoms with E-state index in [-0.39, 0.29) is 11.6 Å². The van der Waals surface area contributed by atoms with Gasteiger partial charge in [0.15, 0.2) is 0 Å². The molecule has 0 radical (unpaired) electrons. The van der Waals surface area contributed by atoms with Crippen LogP contribution in [0.15, 0.2) is 46.3 Å². The highest BCUT2D eigenvalue weighted by Gasteiger charge is 2.36. The molecule has 26 heavy (non-hydrogen) atoms. The topological polar surface area (TPSA) is 58.1 Å². The van der Waals surface area contributed by atoms with Gasteiger partial charge >= 0.3 is 6.18 Å². The molecule has 1 aromatic heterocycles. The van der Waals surface area contributed by atoms with E-state index in [0.717, 1.165) is 23.6 Å². The van der Waals surface area contributed by atoms with Crippen LogP contribution in [0.5, 0.6) is 0 Å². The fraction of sp³-hybridized carbons (Fsp3) is 0.316. The lowest BCUT2D eigenvalue weighted by molar-refractivity contribution is -0.137. The van der Waals surface area contributed by atoms with Crippen LogP contribution in [0.25, 0.3) is 11.3 Å². The van der Waals surface area contributed by atoms with Crippen LogP contribution in [0.1, 0.15) is 37.8 Å². The Kier molecular flexibility index (Phi) is 5.98. The number of rotatable bonds is 5. The molecular formula is C19H18F3N3O. The minimum absolute atomic E-state index is 0.0101. The molecular weight excluding hydrogens is 343 g/mol. The molecule has 0 saturated heterocycles. The maximum Gasteiger partial charge on any atom is 0.417 e. The lowest BCUT2D eigenvalue weighted by Gasteiger charge is -2.15. The Bertz CT molecular complexity index is 889. The van der Waals surface area contributed by atoms with Crippen LogP contribution in [-0.2, 0) is 6.18 Å². The van der Waals surface area contributed by atoms with E-state index in [2.05, 4.69) is 5.10 Å². The third-order valence-electron chi connectivity index (χ3n) is 4.11. The van der Waals surface area contributed by atoms with E-state index >= 15 is 0 Å². The predicted octanol–water partition coefficient (Wildman–Crippen LogP) is 4.68. The summed E-state index contributed by atoms with van der Waals surface area (Å²) in [7, 11) is 0. The molecule has 2 rings (SSSR count). The Balaban J connectivity index is 2.80. The highest BCUT2D eigenvalue weighted by molar-refractivity contribution is 5.65. The SMILES string of the molecule is CCC(C=Nn1c(-c2ccccc2)cc(C(F)(F)F)c(C#N)c1=O)CC. The van der Waals surface area contributed by atoms with Crippen molar-refractivity contribution in [1.82, 2.24) is 4.68 Å². The number of aromatic nitrogens is 1. The predicted molar refractivity (Wildman–Crippen MR) is 93.8 cm³/mol. The molecule has 0 unspecified atom stereocenters. The van der Waals surface area contributed by atoms with Crippen LogP contribution in [0, 0.1) is 17.2 Å². The maximum atomic E-state index is 13.3. The van der Waals surface area contributed by atoms with E-state index in [0.29, 0.717) is 5.56 Å². The van der Waals surface area contributed by atoms with Gasteiger partial charge in [0.1, 0.15) is 11.6 Å². The van der Waals surface area contributed by atoms with Gasteiger partial charge in [-0.3, -0.25) is 4.79 Å². The van der Waals surface area contributed by atoms with Crippen LogP contribution in [0.3, 0.4) is 0 Å². The van der Waals surface area contributed by atoms with Crippen LogP contribution in [0.4, 0.5) is 13.2 Å². The van der Waals surface area contributed by atoms with Gasteiger partial charge in [-0.15, -0.1) is 0 Å². The van der Waals surface area contributed by atoms with E-state index in [9.17, 15) is 18.0 Å². The van der Waals surface area contributed by atoms with E-state index in [1.165, 1.54) is 6.07 Å². The van der Waals surface area contributed by atoms with Gasteiger partial charge in [-0.2, -0.15) is 28.2 Å². The van der Waals surface area contributed by atoms with Gasteiger partial charge in [-0.05, 0) is 24.8 Å². The largest absolute Gasteiger partial charge is 0.417 e. The Morgan fingerprint density at radius 1 is 1.23 bits per heavy atom. The van der Waals surface area contributed by atoms with Crippen molar-refractivity contribution >= 4 is 6.21 Å². The summed E-state index contributed by atoms with van der Waals surface area (Å²) in [5, 5.41) is 13.2. The molecule has 136 valence electrons. The second-order valence-corrected chi connectivity index (χ2v) is 5.75. The first-order valence-electron chi connectivity index (χ1n) is 8.20. The van der Waals surface area contributed by atoms with Crippen molar-refractivity contribution in [1.29, 1.82) is 5.26 Å². The van der Waals surface area contributed by atoms with Gasteiger partial charge in [0.25, 0.3) is 5.56 Å². The van der Waals surface area contributed by atoms with Gasteiger partial charge in [0.05, 0.1) is 11.3 Å². The zero-order valence-electron chi connectivity index (χ0n) is 14.4. The van der Waals surface area contributed by atoms with Crippen LogP contribution < -0.4 is 5.56 Å². The van der Waals surface area contributed by atoms with Gasteiger partial charge in [0.2, 0.25) is 0 Å². The first-order valence-corrected chi connectivity index (χ1v) is 8.20. The van der Waals surface area contributed by atoms with Crippen molar-refractivity contribution in [3.8, 4) is 17.3 Å². The normalized spacial score (nSPS) is 11.9. The molecule has 0 atom stereocenters. The van der Waals surface area contributed by atoms with Crippen molar-refractivity contribution < 1.29 is 13.2 Å². The average Bonchev–Trinajstić information content (AvgIpc) is 2.62. The smallest absolute Gasteiger partial charge is 0.266 e. The molecule has 1 aromatic carbocycles. The Morgan fingerprint density at radius 2 is 1.85 bits per heavy atom. The van der Waals surface area contributed by atoms with Crippen molar-refractivity contribution in [3.63, 3.8) is 0 Å². The van der Waals surface area contributed by atoms with Crippen molar-refractivity contribution in [2.75, 3.05) is 0 Å². The molecule has 0 spiro atoms. The molecule has 2 aromatic rings. The highest BCUT2D eigenvalue weighted by atomic mass is 19.4. The summed E-state index contributed by atoms with van der Waals surface area (Å²) in [6.45, 7) is 3.91. The zero-order chi connectivity index (χ0) is 19.3. The average molecular weight is 361 g/mol. The first kappa shape index (κ1) is 19.4. The number of nitriles is 1. The molecule has 0 fully saturated rings. The Labute approximate surface area is 149 Å². The molecule has 0 aliphatic carbocycles. The fourth-order valence-corrected chi connectivity index (χ4v) is 2.52. The summed E-state index contributed by atoms with van der Waals surface area (Å²) in [5.74, 6) is 0.0818. The molecule has 7 heteroatoms. The van der Waals surface area contributed by atoms with E-state index in [1.54, 1.807) is 36.5 Å². The number of hydrogen-bond acceptors (Lipinski definition) is 3. The van der Waals surface area contributed by atoms with Crippen LogP contribution >= 0.6 is 0 Å². The molecule has 0 bridgehead atoms. The lowest BCUT2D eigenvalue weighted by Crippen LogP contribution is -2.26. The second-order valence-electron chi connectivity index (χ2n) is 5.75. The molecule has 0 saturated carbocycles. The monoisotopic (exact) mass is 361 g/mol. The number of alkyl halides is 3. The third kappa shape index (κ3) is 4.02. The van der Waals surface area contributed by atoms with Crippen molar-refractivity contribution in [2.45, 2.75) is 32.9 Å². The van der Waals surface area contributed by atoms with E-state index in [4.69, 9.17) is 5.26 Å². The number of benzene rings is 1. The molecule has 0 amide bonds. The van der Waals surface area contributed by atoms with E-state index < -0.39 is 22.9 Å². The van der Waals surface area contributed by atoms with Crippen LogP contribution in [-0.4, -0.2) is 10.9 Å². The number of nitrogens with zero attached hydrogens (tertiary/aromatic N) is 3. The van der Waals surface area contributed by atoms with Crippen LogP contribution in [0.2, 0.25) is 0 Å². The second kappa shape index (κ2) is 8.00. The minimum atomic E-state index is -4.81. The highest BCUT2D eigenvalue weighted by Crippen LogP contribution is 2.33. The molecule has 0 N–H and O–H groups in total. The number of pyridine rings is 1. The minimum Gasteiger partial charge on any atom is -0.266 e. The van der Waals surface area contributed by atoms with Gasteiger partial charge < -0.3 is 0 Å². The van der Waals surface area contributed by atoms with Crippen molar-refractivity contribution in [2.24, 2.45) is 11.0 Å². The quantitative estimate of drug-likeness (QED) is 0.726. The Hall–Kier alpha value is -2.88. The summed E-state index contributed by atoms with van der Waals surface area (Å²) < 4.78 is 40.9. The van der Waals surface area contributed by atoms with E-state index in [1.807, 2.05) is 13.8 Å². The molecule has 1 heterocycles. The number of halogens is 3. The molecule has 4 nitrogen and oxygen atoms in total. The van der Waals surface area contributed by atoms with Gasteiger partial charge in [-0.1, -0.05) is 44.2 Å². The van der Waals surface area contributed by atoms with Gasteiger partial charge in [0, 0.05) is 11.8 Å². The van der Waals surface area contributed by atoms with Crippen molar-refractivity contribution in [3.05, 3.63) is 57.9 Å². The summed E-state index contributed by atoms with van der Waals surface area (Å²) in [4.78, 5) is 12.6. The molecule has 0 aliphatic heterocycles. The fourth-order valence-electron chi connectivity index (χ4n) is 2.52. The number of hydrogen-bond donors (Lipinski definition) is 0. The summed E-state index contributed by atoms with van der Waals surface area (Å²) in [5.41, 5.74) is -2.90. The molecule has 0 aliphatic rings. The Morgan fingerprint density at radius 3 is 2.35 bits per heavy atom. The third-order valence-corrected chi connectivity index (χ3v) is 4.11. The summed E-state index contributed by atoms with van der Waals surface area (Å²) in [6.07, 6.45) is -1.71. The maximum absolute atomic E-state index is 13.3. The summed E-state index contributed by atoms with van der Waals surface area (Å²) in [6, 6.07) is 10.4. The summed E-state index contributed by atoms with van der Waals surface area (Å²) >= 11 is 0. The standard InChI is InChI=1S/C19H18F3N3O/c1-3-13(4-2)12-24-25-17(14-8-6-5-7-9-14)10-16(19(20,21)22)15(11-23)18(25)26/h5-10,12-13H,3-4H2,1-2H3.